The number of para-hydroxylation sites is 1. The number of rotatable bonds is 4. The third kappa shape index (κ3) is 2.50. The summed E-state index contributed by atoms with van der Waals surface area (Å²) in [5.41, 5.74) is 1.41. The van der Waals surface area contributed by atoms with Crippen molar-refractivity contribution in [1.29, 1.82) is 0 Å². The summed E-state index contributed by atoms with van der Waals surface area (Å²) in [4.78, 5) is 10.5. The van der Waals surface area contributed by atoms with Crippen molar-refractivity contribution in [1.82, 2.24) is 9.97 Å². The highest BCUT2D eigenvalue weighted by Crippen LogP contribution is 2.33. The number of hydrogen-bond donors (Lipinski definition) is 0. The molecule has 0 unspecified atom stereocenters. The number of halogens is 1. The zero-order valence-electron chi connectivity index (χ0n) is 13.2. The van der Waals surface area contributed by atoms with Crippen molar-refractivity contribution in [2.45, 2.75) is 13.5 Å². The highest BCUT2D eigenvalue weighted by atomic mass is 19.1. The maximum Gasteiger partial charge on any atom is 0.231 e. The Morgan fingerprint density at radius 2 is 2.00 bits per heavy atom. The maximum absolute atomic E-state index is 14.0. The van der Waals surface area contributed by atoms with E-state index in [0.29, 0.717) is 17.4 Å². The minimum atomic E-state index is -0.338. The third-order valence-corrected chi connectivity index (χ3v) is 4.09. The molecule has 0 saturated heterocycles. The molecule has 3 aromatic rings. The van der Waals surface area contributed by atoms with Crippen LogP contribution >= 0.6 is 0 Å². The summed E-state index contributed by atoms with van der Waals surface area (Å²) in [6, 6.07) is 10.8. The molecule has 2 heterocycles. The van der Waals surface area contributed by atoms with Crippen LogP contribution in [0.15, 0.2) is 42.7 Å². The topological polar surface area (TPSA) is 47.5 Å². The Morgan fingerprint density at radius 1 is 1.12 bits per heavy atom. The Morgan fingerprint density at radius 3 is 2.88 bits per heavy atom. The van der Waals surface area contributed by atoms with Crippen LogP contribution in [0.5, 0.6) is 11.5 Å². The van der Waals surface area contributed by atoms with Gasteiger partial charge >= 0.3 is 0 Å². The highest BCUT2D eigenvalue weighted by molar-refractivity contribution is 5.89. The second-order valence-corrected chi connectivity index (χ2v) is 5.54. The summed E-state index contributed by atoms with van der Waals surface area (Å²) in [7, 11) is 0. The molecule has 1 aliphatic rings. The van der Waals surface area contributed by atoms with Gasteiger partial charge in [-0.15, -0.1) is 0 Å². The van der Waals surface area contributed by atoms with Crippen LogP contribution in [-0.2, 0) is 6.54 Å². The van der Waals surface area contributed by atoms with E-state index in [2.05, 4.69) is 14.9 Å². The molecular formula is C18H16FN3O2. The summed E-state index contributed by atoms with van der Waals surface area (Å²) >= 11 is 0. The van der Waals surface area contributed by atoms with E-state index in [-0.39, 0.29) is 12.6 Å². The Labute approximate surface area is 138 Å². The molecule has 4 rings (SSSR count). The smallest absolute Gasteiger partial charge is 0.231 e. The van der Waals surface area contributed by atoms with Crippen LogP contribution in [0.4, 0.5) is 10.2 Å². The first-order valence-electron chi connectivity index (χ1n) is 7.79. The Balaban J connectivity index is 1.70. The molecule has 0 spiro atoms. The maximum atomic E-state index is 14.0. The summed E-state index contributed by atoms with van der Waals surface area (Å²) in [6.45, 7) is 3.67. The van der Waals surface area contributed by atoms with Crippen LogP contribution in [0.1, 0.15) is 12.5 Å². The predicted molar refractivity (Wildman–Crippen MR) is 88.8 cm³/mol. The number of benzene rings is 2. The fraction of sp³-hybridized carbons (Fsp3) is 0.222. The van der Waals surface area contributed by atoms with Gasteiger partial charge in [0.15, 0.2) is 11.5 Å². The van der Waals surface area contributed by atoms with Gasteiger partial charge in [-0.1, -0.05) is 12.1 Å². The SMILES string of the molecule is CCN(Cc1ccc2c(c1)OCO2)c1ncnc2c(F)cccc12. The lowest BCUT2D eigenvalue weighted by Gasteiger charge is -2.23. The molecule has 5 nitrogen and oxygen atoms in total. The largest absolute Gasteiger partial charge is 0.454 e. The number of aromatic nitrogens is 2. The summed E-state index contributed by atoms with van der Waals surface area (Å²) in [5.74, 6) is 1.90. The zero-order valence-corrected chi connectivity index (χ0v) is 13.2. The van der Waals surface area contributed by atoms with Crippen molar-refractivity contribution in [2.24, 2.45) is 0 Å². The van der Waals surface area contributed by atoms with Crippen LogP contribution in [0.3, 0.4) is 0 Å². The van der Waals surface area contributed by atoms with Gasteiger partial charge in [-0.3, -0.25) is 0 Å². The molecule has 24 heavy (non-hydrogen) atoms. The summed E-state index contributed by atoms with van der Waals surface area (Å²) < 4.78 is 24.7. The van der Waals surface area contributed by atoms with E-state index >= 15 is 0 Å². The molecule has 0 amide bonds. The predicted octanol–water partition coefficient (Wildman–Crippen LogP) is 3.52. The van der Waals surface area contributed by atoms with Crippen molar-refractivity contribution >= 4 is 16.7 Å². The molecule has 1 aromatic heterocycles. The van der Waals surface area contributed by atoms with Gasteiger partial charge in [-0.05, 0) is 36.8 Å². The molecule has 2 aromatic carbocycles. The molecule has 0 atom stereocenters. The van der Waals surface area contributed by atoms with Gasteiger partial charge in [0.25, 0.3) is 0 Å². The summed E-state index contributed by atoms with van der Waals surface area (Å²) in [5, 5.41) is 0.708. The van der Waals surface area contributed by atoms with E-state index in [1.165, 1.54) is 12.4 Å². The van der Waals surface area contributed by atoms with Crippen LogP contribution in [-0.4, -0.2) is 23.3 Å². The molecule has 6 heteroatoms. The van der Waals surface area contributed by atoms with Crippen molar-refractivity contribution in [3.05, 3.63) is 54.1 Å². The van der Waals surface area contributed by atoms with Gasteiger partial charge in [0.05, 0.1) is 0 Å². The van der Waals surface area contributed by atoms with Crippen molar-refractivity contribution < 1.29 is 13.9 Å². The van der Waals surface area contributed by atoms with E-state index < -0.39 is 0 Å². The monoisotopic (exact) mass is 325 g/mol. The molecule has 0 N–H and O–H groups in total. The van der Waals surface area contributed by atoms with E-state index in [1.807, 2.05) is 31.2 Å². The molecular weight excluding hydrogens is 309 g/mol. The lowest BCUT2D eigenvalue weighted by atomic mass is 10.1. The highest BCUT2D eigenvalue weighted by Gasteiger charge is 2.16. The quantitative estimate of drug-likeness (QED) is 0.734. The number of ether oxygens (including phenoxy) is 2. The van der Waals surface area contributed by atoms with Gasteiger partial charge < -0.3 is 14.4 Å². The van der Waals surface area contributed by atoms with E-state index in [0.717, 1.165) is 29.4 Å². The minimum Gasteiger partial charge on any atom is -0.454 e. The number of hydrogen-bond acceptors (Lipinski definition) is 5. The van der Waals surface area contributed by atoms with Gasteiger partial charge in [-0.25, -0.2) is 14.4 Å². The van der Waals surface area contributed by atoms with Gasteiger partial charge in [0, 0.05) is 18.5 Å². The van der Waals surface area contributed by atoms with Crippen molar-refractivity contribution in [2.75, 3.05) is 18.2 Å². The van der Waals surface area contributed by atoms with Crippen LogP contribution in [0.2, 0.25) is 0 Å². The summed E-state index contributed by atoms with van der Waals surface area (Å²) in [6.07, 6.45) is 1.41. The number of anilines is 1. The third-order valence-electron chi connectivity index (χ3n) is 4.09. The van der Waals surface area contributed by atoms with E-state index in [9.17, 15) is 4.39 Å². The van der Waals surface area contributed by atoms with E-state index in [4.69, 9.17) is 9.47 Å². The first-order chi connectivity index (χ1) is 11.8. The van der Waals surface area contributed by atoms with Crippen molar-refractivity contribution in [3.63, 3.8) is 0 Å². The lowest BCUT2D eigenvalue weighted by molar-refractivity contribution is 0.174. The lowest BCUT2D eigenvalue weighted by Crippen LogP contribution is -2.23. The van der Waals surface area contributed by atoms with Gasteiger partial charge in [-0.2, -0.15) is 0 Å². The Kier molecular flexibility index (Phi) is 3.65. The van der Waals surface area contributed by atoms with Crippen LogP contribution in [0.25, 0.3) is 10.9 Å². The van der Waals surface area contributed by atoms with E-state index in [1.54, 1.807) is 6.07 Å². The van der Waals surface area contributed by atoms with Gasteiger partial charge in [0.1, 0.15) is 23.5 Å². The fourth-order valence-corrected chi connectivity index (χ4v) is 2.89. The molecule has 122 valence electrons. The average Bonchev–Trinajstić information content (AvgIpc) is 3.07. The molecule has 0 saturated carbocycles. The van der Waals surface area contributed by atoms with Crippen molar-refractivity contribution in [3.8, 4) is 11.5 Å². The minimum absolute atomic E-state index is 0.256. The molecule has 0 fully saturated rings. The van der Waals surface area contributed by atoms with Crippen LogP contribution < -0.4 is 14.4 Å². The number of fused-ring (bicyclic) bond motifs is 2. The first kappa shape index (κ1) is 14.7. The second-order valence-electron chi connectivity index (χ2n) is 5.54. The number of nitrogens with zero attached hydrogens (tertiary/aromatic N) is 3. The average molecular weight is 325 g/mol. The molecule has 1 aliphatic heterocycles. The Hall–Kier alpha value is -2.89. The molecule has 0 radical (unpaired) electrons. The Bertz CT molecular complexity index is 901. The molecule has 0 aliphatic carbocycles. The normalized spacial score (nSPS) is 12.6. The van der Waals surface area contributed by atoms with Gasteiger partial charge in [0.2, 0.25) is 6.79 Å². The second kappa shape index (κ2) is 5.96. The first-order valence-corrected chi connectivity index (χ1v) is 7.79. The zero-order chi connectivity index (χ0) is 16.5. The van der Waals surface area contributed by atoms with Crippen LogP contribution in [0, 0.1) is 5.82 Å². The standard InChI is InChI=1S/C18H16FN3O2/c1-2-22(9-12-6-7-15-16(8-12)24-11-23-15)18-13-4-3-5-14(19)17(13)20-10-21-18/h3-8,10H,2,9,11H2,1H3. The fourth-order valence-electron chi connectivity index (χ4n) is 2.89. The molecule has 0 bridgehead atoms.